The fourth-order valence-corrected chi connectivity index (χ4v) is 13.5. The Hall–Kier alpha value is -2.04. The van der Waals surface area contributed by atoms with E-state index in [0.717, 1.165) is 89.9 Å². The van der Waals surface area contributed by atoms with Crippen LogP contribution in [0.4, 0.5) is 0 Å². The van der Waals surface area contributed by atoms with E-state index in [2.05, 4.69) is 20.8 Å². The summed E-state index contributed by atoms with van der Waals surface area (Å²) in [6.07, 6.45) is 8.97. The molecule has 2 saturated heterocycles. The van der Waals surface area contributed by atoms with Gasteiger partial charge in [0.15, 0.2) is 18.7 Å². The molecule has 2 heterocycles. The molecule has 1 aliphatic carbocycles. The largest absolute Gasteiger partial charge is 0.472 e. The Bertz CT molecular complexity index is 1980. The van der Waals surface area contributed by atoms with E-state index in [4.69, 9.17) is 42.2 Å². The van der Waals surface area contributed by atoms with Gasteiger partial charge in [-0.2, -0.15) is 0 Å². The number of rotatable bonds is 58. The summed E-state index contributed by atoms with van der Waals surface area (Å²) < 4.78 is 65.0. The van der Waals surface area contributed by atoms with Gasteiger partial charge < -0.3 is 89.1 Å². The van der Waals surface area contributed by atoms with Crippen molar-refractivity contribution in [2.24, 2.45) is 0 Å². The van der Waals surface area contributed by atoms with E-state index < -0.39 is 156 Å². The Kier molecular flexibility index (Phi) is 48.5. The first-order valence-corrected chi connectivity index (χ1v) is 38.8. The predicted molar refractivity (Wildman–Crippen MR) is 356 cm³/mol. The lowest BCUT2D eigenvalue weighted by Crippen LogP contribution is -2.69. The fraction of sp³-hybridized carbons (Fsp3) is 0.957. The molecule has 18 atom stereocenters. The molecule has 1 saturated carbocycles. The molecular weight excluding hydrogens is 1260 g/mol. The molecule has 25 heteroatoms. The SMILES string of the molecule is CCCCCCCCCCCCCCCCCCC(=O)OCC(COP(=O)(O)OC1C(OC2OC(CO)C(O)C(O)C2O)C(O)C(O)C(O)C1OC1OC(COC(=O)CCCCCCCCCCCCC)C(O)C(O)C1O)OC(=O)CCCCCCCCCCCCCCC. The zero-order chi connectivity index (χ0) is 69.6. The summed E-state index contributed by atoms with van der Waals surface area (Å²) in [5.74, 6) is -1.97. The van der Waals surface area contributed by atoms with Crippen molar-refractivity contribution in [3.05, 3.63) is 0 Å². The number of phosphoric acid groups is 1. The zero-order valence-corrected chi connectivity index (χ0v) is 59.1. The quantitative estimate of drug-likeness (QED) is 0.0117. The summed E-state index contributed by atoms with van der Waals surface area (Å²) in [5.41, 5.74) is 0. The molecule has 0 radical (unpaired) electrons. The third-order valence-electron chi connectivity index (χ3n) is 18.6. The minimum Gasteiger partial charge on any atom is -0.463 e. The second-order valence-electron chi connectivity index (χ2n) is 27.0. The molecule has 0 aromatic carbocycles. The van der Waals surface area contributed by atoms with Crippen LogP contribution in [0.1, 0.15) is 297 Å². The van der Waals surface area contributed by atoms with Crippen LogP contribution >= 0.6 is 7.82 Å². The van der Waals surface area contributed by atoms with Crippen molar-refractivity contribution < 1.29 is 117 Å². The Labute approximate surface area is 568 Å². The molecule has 3 fully saturated rings. The Morgan fingerprint density at radius 1 is 0.368 bits per heavy atom. The van der Waals surface area contributed by atoms with Gasteiger partial charge in [-0.3, -0.25) is 23.4 Å². The second-order valence-corrected chi connectivity index (χ2v) is 28.4. The zero-order valence-electron chi connectivity index (χ0n) is 58.2. The van der Waals surface area contributed by atoms with Crippen LogP contribution in [0.15, 0.2) is 0 Å². The number of ether oxygens (including phenoxy) is 7. The van der Waals surface area contributed by atoms with Crippen LogP contribution in [-0.2, 0) is 61.2 Å². The van der Waals surface area contributed by atoms with E-state index in [0.29, 0.717) is 19.3 Å². The summed E-state index contributed by atoms with van der Waals surface area (Å²) in [6, 6.07) is 0. The van der Waals surface area contributed by atoms with E-state index in [9.17, 15) is 74.9 Å². The van der Waals surface area contributed by atoms with E-state index in [1.165, 1.54) is 148 Å². The molecule has 560 valence electrons. The van der Waals surface area contributed by atoms with Gasteiger partial charge in [0, 0.05) is 19.3 Å². The first-order valence-electron chi connectivity index (χ1n) is 37.3. The molecule has 3 aliphatic rings. The van der Waals surface area contributed by atoms with Crippen molar-refractivity contribution in [3.63, 3.8) is 0 Å². The van der Waals surface area contributed by atoms with Gasteiger partial charge in [-0.15, -0.1) is 0 Å². The fourth-order valence-electron chi connectivity index (χ4n) is 12.5. The van der Waals surface area contributed by atoms with Crippen LogP contribution in [-0.4, -0.2) is 204 Å². The molecule has 0 aromatic rings. The smallest absolute Gasteiger partial charge is 0.463 e. The van der Waals surface area contributed by atoms with Gasteiger partial charge in [0.25, 0.3) is 0 Å². The number of esters is 3. The summed E-state index contributed by atoms with van der Waals surface area (Å²) in [5, 5.41) is 110. The summed E-state index contributed by atoms with van der Waals surface area (Å²) >= 11 is 0. The van der Waals surface area contributed by atoms with Gasteiger partial charge >= 0.3 is 25.7 Å². The van der Waals surface area contributed by atoms with Crippen LogP contribution in [0.3, 0.4) is 0 Å². The highest BCUT2D eigenvalue weighted by atomic mass is 31.2. The number of unbranched alkanes of at least 4 members (excludes halogenated alkanes) is 37. The average Bonchev–Trinajstić information content (AvgIpc) is 0.770. The molecule has 18 unspecified atom stereocenters. The molecule has 95 heavy (non-hydrogen) atoms. The van der Waals surface area contributed by atoms with Gasteiger partial charge in [-0.25, -0.2) is 4.57 Å². The van der Waals surface area contributed by atoms with E-state index in [-0.39, 0.29) is 19.3 Å². The van der Waals surface area contributed by atoms with Crippen LogP contribution < -0.4 is 0 Å². The van der Waals surface area contributed by atoms with Gasteiger partial charge in [0.2, 0.25) is 0 Å². The van der Waals surface area contributed by atoms with E-state index in [1.54, 1.807) is 0 Å². The highest BCUT2D eigenvalue weighted by molar-refractivity contribution is 7.47. The molecule has 0 bridgehead atoms. The van der Waals surface area contributed by atoms with Crippen molar-refractivity contribution in [1.29, 1.82) is 0 Å². The van der Waals surface area contributed by atoms with E-state index in [1.807, 2.05) is 0 Å². The monoisotopic (exact) mass is 1390 g/mol. The lowest BCUT2D eigenvalue weighted by atomic mass is 9.84. The minimum absolute atomic E-state index is 0.0327. The summed E-state index contributed by atoms with van der Waals surface area (Å²) in [4.78, 5) is 50.9. The predicted octanol–water partition coefficient (Wildman–Crippen LogP) is 9.80. The van der Waals surface area contributed by atoms with Crippen molar-refractivity contribution in [1.82, 2.24) is 0 Å². The number of carbonyl (C=O) groups is 3. The Balaban J connectivity index is 1.74. The van der Waals surface area contributed by atoms with Gasteiger partial charge in [0.1, 0.15) is 98.7 Å². The molecule has 11 N–H and O–H groups in total. The van der Waals surface area contributed by atoms with Crippen molar-refractivity contribution in [2.45, 2.75) is 401 Å². The van der Waals surface area contributed by atoms with Gasteiger partial charge in [-0.1, -0.05) is 258 Å². The Morgan fingerprint density at radius 3 is 1.03 bits per heavy atom. The van der Waals surface area contributed by atoms with Crippen LogP contribution in [0.25, 0.3) is 0 Å². The minimum atomic E-state index is -5.69. The van der Waals surface area contributed by atoms with Crippen molar-refractivity contribution in [3.8, 4) is 0 Å². The van der Waals surface area contributed by atoms with Crippen LogP contribution in [0.2, 0.25) is 0 Å². The molecule has 3 rings (SSSR count). The highest BCUT2D eigenvalue weighted by Gasteiger charge is 2.58. The molecule has 0 aromatic heterocycles. The maximum absolute atomic E-state index is 14.3. The molecule has 0 spiro atoms. The maximum Gasteiger partial charge on any atom is 0.472 e. The highest BCUT2D eigenvalue weighted by Crippen LogP contribution is 2.49. The van der Waals surface area contributed by atoms with Crippen LogP contribution in [0, 0.1) is 0 Å². The third kappa shape index (κ3) is 36.4. The summed E-state index contributed by atoms with van der Waals surface area (Å²) in [7, 11) is -5.69. The summed E-state index contributed by atoms with van der Waals surface area (Å²) in [6.45, 7) is 3.45. The molecular formula is C70H131O24P. The number of hydrogen-bond donors (Lipinski definition) is 11. The van der Waals surface area contributed by atoms with Gasteiger partial charge in [0.05, 0.1) is 13.2 Å². The molecule has 24 nitrogen and oxygen atoms in total. The average molecular weight is 1390 g/mol. The van der Waals surface area contributed by atoms with Crippen molar-refractivity contribution in [2.75, 3.05) is 26.4 Å². The maximum atomic E-state index is 14.3. The third-order valence-corrected chi connectivity index (χ3v) is 19.6. The lowest BCUT2D eigenvalue weighted by molar-refractivity contribution is -0.360. The van der Waals surface area contributed by atoms with Crippen LogP contribution in [0.5, 0.6) is 0 Å². The van der Waals surface area contributed by atoms with Crippen molar-refractivity contribution >= 4 is 25.7 Å². The molecule has 2 aliphatic heterocycles. The number of hydrogen-bond acceptors (Lipinski definition) is 23. The first kappa shape index (κ1) is 87.2. The van der Waals surface area contributed by atoms with Gasteiger partial charge in [-0.05, 0) is 19.3 Å². The topological polar surface area (TPSA) is 374 Å². The second kappa shape index (κ2) is 52.9. The Morgan fingerprint density at radius 2 is 0.674 bits per heavy atom. The number of carbonyl (C=O) groups excluding carboxylic acids is 3. The number of aliphatic hydroxyl groups is 10. The first-order chi connectivity index (χ1) is 45.8. The number of aliphatic hydroxyl groups excluding tert-OH is 10. The lowest BCUT2D eigenvalue weighted by Gasteiger charge is -2.49. The van der Waals surface area contributed by atoms with E-state index >= 15 is 0 Å². The number of phosphoric ester groups is 1. The molecule has 0 amide bonds. The standard InChI is InChI=1S/C70H131O24P/c1-4-7-10-13-16-19-22-24-25-26-28-30-33-35-38-41-44-54(72)86-48-51(89-56(74)46-43-40-37-34-31-27-23-20-17-14-11-8-5-2)49-88-95(84,85)94-68-66(92-69-64(82)59(77)57(75)52(47-71)90-69)62(80)61(79)63(81)67(68)93-70-65(83)60(78)58(76)53(91-70)50-87-55(73)45-42-39-36-32-29-21-18-15-12-9-6-3/h51-53,57-71,75-83H,4-50H2,1-3H3,(H,84,85). The normalized spacial score (nSPS) is 28.1.